The number of carbonyl (C=O) groups is 5. The van der Waals surface area contributed by atoms with Crippen molar-refractivity contribution in [3.63, 3.8) is 0 Å². The van der Waals surface area contributed by atoms with Gasteiger partial charge in [-0.1, -0.05) is 85.7 Å². The summed E-state index contributed by atoms with van der Waals surface area (Å²) >= 11 is 0. The number of hydrogen-bond acceptors (Lipinski definition) is 5. The van der Waals surface area contributed by atoms with Gasteiger partial charge in [0.05, 0.1) is 0 Å². The second kappa shape index (κ2) is 19.0. The van der Waals surface area contributed by atoms with Gasteiger partial charge in [-0.15, -0.1) is 0 Å². The number of hydrogen-bond donors (Lipinski definition) is 5. The Labute approximate surface area is 258 Å². The lowest BCUT2D eigenvalue weighted by Gasteiger charge is -2.28. The van der Waals surface area contributed by atoms with E-state index in [1.807, 2.05) is 85.7 Å². The molecule has 0 unspecified atom stereocenters. The van der Waals surface area contributed by atoms with Crippen molar-refractivity contribution < 1.29 is 24.0 Å². The molecule has 0 spiro atoms. The van der Waals surface area contributed by atoms with Gasteiger partial charge in [0, 0.05) is 19.9 Å². The average Bonchev–Trinajstić information content (AvgIpc) is 2.90. The van der Waals surface area contributed by atoms with Gasteiger partial charge in [-0.25, -0.2) is 0 Å². The molecule has 0 bridgehead atoms. The van der Waals surface area contributed by atoms with Crippen molar-refractivity contribution in [2.75, 3.05) is 7.05 Å². The van der Waals surface area contributed by atoms with Crippen molar-refractivity contribution in [2.24, 2.45) is 23.7 Å². The Bertz CT molecular complexity index is 1040. The predicted octanol–water partition coefficient (Wildman–Crippen LogP) is 3.10. The molecule has 4 atom stereocenters. The highest BCUT2D eigenvalue weighted by Crippen LogP contribution is 2.12. The van der Waals surface area contributed by atoms with Crippen molar-refractivity contribution >= 4 is 29.5 Å². The van der Waals surface area contributed by atoms with Crippen LogP contribution in [0.3, 0.4) is 0 Å². The highest BCUT2D eigenvalue weighted by atomic mass is 16.2. The molecule has 0 aliphatic rings. The zero-order valence-corrected chi connectivity index (χ0v) is 27.6. The zero-order valence-electron chi connectivity index (χ0n) is 27.6. The Morgan fingerprint density at radius 3 is 1.35 bits per heavy atom. The van der Waals surface area contributed by atoms with Crippen LogP contribution >= 0.6 is 0 Å². The van der Waals surface area contributed by atoms with Crippen LogP contribution in [0.15, 0.2) is 30.3 Å². The molecule has 43 heavy (non-hydrogen) atoms. The van der Waals surface area contributed by atoms with Crippen LogP contribution in [0.5, 0.6) is 0 Å². The highest BCUT2D eigenvalue weighted by Gasteiger charge is 2.32. The Morgan fingerprint density at radius 2 is 0.930 bits per heavy atom. The number of nitrogens with one attached hydrogen (secondary N) is 5. The SMILES string of the molecule is CNC(=O)[C@H](CC(C)C)NC(=O)[C@H](CC(C)C)NC(=O)[C@H](Cc1ccccc1)NC(=O)[C@H](CC(C)C)NC(=O)CC(C)C. The highest BCUT2D eigenvalue weighted by molar-refractivity contribution is 5.95. The van der Waals surface area contributed by atoms with E-state index in [4.69, 9.17) is 0 Å². The van der Waals surface area contributed by atoms with Gasteiger partial charge in [0.15, 0.2) is 0 Å². The standard InChI is InChI=1S/C33H55N5O5/c1-20(2)15-25(30(40)34-9)36-32(42)27(17-22(5)6)37-33(43)28(19-24-13-11-10-12-14-24)38-31(41)26(16-21(3)4)35-29(39)18-23(7)8/h10-14,20-23,25-28H,15-19H2,1-9H3,(H,34,40)(H,35,39)(H,36,42)(H,37,43)(H,38,41)/t25-,26-,27-,28-/m0/s1. The molecule has 5 N–H and O–H groups in total. The predicted molar refractivity (Wildman–Crippen MR) is 170 cm³/mol. The van der Waals surface area contributed by atoms with Gasteiger partial charge in [0.1, 0.15) is 24.2 Å². The summed E-state index contributed by atoms with van der Waals surface area (Å²) in [4.78, 5) is 65.8. The first-order valence-corrected chi connectivity index (χ1v) is 15.6. The van der Waals surface area contributed by atoms with Crippen LogP contribution in [0.25, 0.3) is 0 Å². The molecule has 1 aromatic carbocycles. The van der Waals surface area contributed by atoms with Crippen LogP contribution in [0.1, 0.15) is 86.6 Å². The summed E-state index contributed by atoms with van der Waals surface area (Å²) in [6.07, 6.45) is 1.67. The van der Waals surface area contributed by atoms with Gasteiger partial charge in [-0.05, 0) is 48.5 Å². The maximum absolute atomic E-state index is 13.8. The van der Waals surface area contributed by atoms with Crippen LogP contribution in [0.4, 0.5) is 0 Å². The van der Waals surface area contributed by atoms with Crippen LogP contribution in [-0.2, 0) is 30.4 Å². The first-order valence-electron chi connectivity index (χ1n) is 15.6. The summed E-state index contributed by atoms with van der Waals surface area (Å²) in [6.45, 7) is 15.6. The minimum absolute atomic E-state index is 0.0633. The topological polar surface area (TPSA) is 146 Å². The lowest BCUT2D eigenvalue weighted by atomic mass is 9.98. The smallest absolute Gasteiger partial charge is 0.243 e. The molecule has 0 radical (unpaired) electrons. The van der Waals surface area contributed by atoms with Crippen molar-refractivity contribution in [1.29, 1.82) is 0 Å². The molecule has 10 nitrogen and oxygen atoms in total. The molecule has 10 heteroatoms. The maximum Gasteiger partial charge on any atom is 0.243 e. The van der Waals surface area contributed by atoms with Gasteiger partial charge in [0.25, 0.3) is 0 Å². The normalized spacial score (nSPS) is 14.2. The van der Waals surface area contributed by atoms with E-state index in [1.165, 1.54) is 7.05 Å². The maximum atomic E-state index is 13.8. The molecular formula is C33H55N5O5. The summed E-state index contributed by atoms with van der Waals surface area (Å²) in [7, 11) is 1.52. The summed E-state index contributed by atoms with van der Waals surface area (Å²) in [5.74, 6) is -1.48. The molecule has 0 saturated heterocycles. The van der Waals surface area contributed by atoms with E-state index >= 15 is 0 Å². The van der Waals surface area contributed by atoms with E-state index in [-0.39, 0.29) is 48.3 Å². The van der Waals surface area contributed by atoms with Crippen LogP contribution in [-0.4, -0.2) is 60.8 Å². The molecule has 0 aromatic heterocycles. The van der Waals surface area contributed by atoms with Gasteiger partial charge >= 0.3 is 0 Å². The van der Waals surface area contributed by atoms with Crippen molar-refractivity contribution in [1.82, 2.24) is 26.6 Å². The number of carbonyl (C=O) groups excluding carboxylic acids is 5. The number of rotatable bonds is 18. The van der Waals surface area contributed by atoms with E-state index in [9.17, 15) is 24.0 Å². The van der Waals surface area contributed by atoms with Crippen LogP contribution in [0.2, 0.25) is 0 Å². The van der Waals surface area contributed by atoms with E-state index in [2.05, 4.69) is 26.6 Å². The van der Waals surface area contributed by atoms with E-state index < -0.39 is 41.9 Å². The Hall–Kier alpha value is -3.43. The summed E-state index contributed by atoms with van der Waals surface area (Å²) in [6, 6.07) is 5.82. The van der Waals surface area contributed by atoms with Crippen molar-refractivity contribution in [2.45, 2.75) is 112 Å². The second-order valence-corrected chi connectivity index (χ2v) is 13.1. The zero-order chi connectivity index (χ0) is 32.7. The summed E-state index contributed by atoms with van der Waals surface area (Å²) in [5, 5.41) is 14.0. The first kappa shape index (κ1) is 37.6. The lowest BCUT2D eigenvalue weighted by Crippen LogP contribution is -2.59. The molecule has 0 fully saturated rings. The second-order valence-electron chi connectivity index (χ2n) is 13.1. The molecule has 242 valence electrons. The fraction of sp³-hybridized carbons (Fsp3) is 0.667. The molecule has 5 amide bonds. The Balaban J connectivity index is 3.26. The van der Waals surface area contributed by atoms with Crippen LogP contribution < -0.4 is 26.6 Å². The van der Waals surface area contributed by atoms with Crippen molar-refractivity contribution in [3.05, 3.63) is 35.9 Å². The molecule has 0 saturated carbocycles. The van der Waals surface area contributed by atoms with E-state index in [0.717, 1.165) is 5.56 Å². The average molecular weight is 602 g/mol. The van der Waals surface area contributed by atoms with Gasteiger partial charge in [0.2, 0.25) is 29.5 Å². The monoisotopic (exact) mass is 601 g/mol. The van der Waals surface area contributed by atoms with Crippen molar-refractivity contribution in [3.8, 4) is 0 Å². The Kier molecular flexibility index (Phi) is 16.6. The van der Waals surface area contributed by atoms with Gasteiger partial charge in [-0.3, -0.25) is 24.0 Å². The molecule has 0 aliphatic carbocycles. The quantitative estimate of drug-likeness (QED) is 0.176. The molecule has 0 aliphatic heterocycles. The molecule has 1 rings (SSSR count). The fourth-order valence-corrected chi connectivity index (χ4v) is 4.78. The van der Waals surface area contributed by atoms with Gasteiger partial charge in [-0.2, -0.15) is 0 Å². The van der Waals surface area contributed by atoms with Gasteiger partial charge < -0.3 is 26.6 Å². The molecular weight excluding hydrogens is 546 g/mol. The number of likely N-dealkylation sites (N-methyl/N-ethyl adjacent to an activating group) is 1. The third-order valence-electron chi connectivity index (χ3n) is 6.79. The lowest BCUT2D eigenvalue weighted by molar-refractivity contribution is -0.135. The summed E-state index contributed by atoms with van der Waals surface area (Å²) in [5.41, 5.74) is 0.827. The minimum atomic E-state index is -1.00. The number of benzene rings is 1. The van der Waals surface area contributed by atoms with E-state index in [0.29, 0.717) is 19.3 Å². The van der Waals surface area contributed by atoms with E-state index in [1.54, 1.807) is 0 Å². The third kappa shape index (κ3) is 15.0. The first-order chi connectivity index (χ1) is 20.1. The molecule has 1 aromatic rings. The Morgan fingerprint density at radius 1 is 0.535 bits per heavy atom. The third-order valence-corrected chi connectivity index (χ3v) is 6.79. The minimum Gasteiger partial charge on any atom is -0.357 e. The largest absolute Gasteiger partial charge is 0.357 e. The summed E-state index contributed by atoms with van der Waals surface area (Å²) < 4.78 is 0. The number of amides is 5. The fourth-order valence-electron chi connectivity index (χ4n) is 4.78. The van der Waals surface area contributed by atoms with Crippen LogP contribution in [0, 0.1) is 23.7 Å². The molecule has 0 heterocycles.